The minimum atomic E-state index is -0.682. The number of likely N-dealkylation sites (N-methyl/N-ethyl adjacent to an activating group) is 1. The summed E-state index contributed by atoms with van der Waals surface area (Å²) in [6.07, 6.45) is 1.81. The minimum absolute atomic E-state index is 0.143. The molecule has 3 aromatic rings. The van der Waals surface area contributed by atoms with Crippen LogP contribution in [0.15, 0.2) is 66.4 Å². The second-order valence-electron chi connectivity index (χ2n) is 8.54. The quantitative estimate of drug-likeness (QED) is 0.339. The first kappa shape index (κ1) is 28.3. The standard InChI is InChI=1S/C28H29Br2N3O4S/c1-6-32(7-2)27(35)23-16(4)31-28-33(24(23)19-11-9-10-12-21(19)36-5)26(34)22(38-28)14-17-13-18(29)15-20(30)25(17)37-8-3/h9-15,24H,6-8H2,1-5H3/b22-14+/t24-/m1/s1. The van der Waals surface area contributed by atoms with Crippen LogP contribution in [0.25, 0.3) is 6.08 Å². The highest BCUT2D eigenvalue weighted by molar-refractivity contribution is 9.11. The van der Waals surface area contributed by atoms with E-state index in [1.807, 2.05) is 70.2 Å². The van der Waals surface area contributed by atoms with E-state index in [0.29, 0.717) is 51.8 Å². The third kappa shape index (κ3) is 5.26. The van der Waals surface area contributed by atoms with E-state index < -0.39 is 6.04 Å². The van der Waals surface area contributed by atoms with Crippen LogP contribution in [0.4, 0.5) is 0 Å². The highest BCUT2D eigenvalue weighted by atomic mass is 79.9. The SMILES string of the molecule is CCOc1c(Br)cc(Br)cc1/C=c1/sc2n(c1=O)[C@H](c1ccccc1OC)C(C(=O)N(CC)CC)=C(C)N=2. The van der Waals surface area contributed by atoms with Gasteiger partial charge >= 0.3 is 0 Å². The van der Waals surface area contributed by atoms with Crippen molar-refractivity contribution >= 4 is 55.2 Å². The van der Waals surface area contributed by atoms with Crippen molar-refractivity contribution in [3.63, 3.8) is 0 Å². The number of hydrogen-bond acceptors (Lipinski definition) is 6. The Morgan fingerprint density at radius 2 is 1.89 bits per heavy atom. The number of allylic oxidation sites excluding steroid dienone is 1. The number of hydrogen-bond donors (Lipinski definition) is 0. The summed E-state index contributed by atoms with van der Waals surface area (Å²) in [6.45, 7) is 9.20. The van der Waals surface area contributed by atoms with Crippen LogP contribution in [0.1, 0.15) is 44.9 Å². The molecule has 0 saturated carbocycles. The molecule has 0 fully saturated rings. The van der Waals surface area contributed by atoms with Gasteiger partial charge in [-0.1, -0.05) is 45.5 Å². The average Bonchev–Trinajstić information content (AvgIpc) is 3.19. The first-order chi connectivity index (χ1) is 18.2. The van der Waals surface area contributed by atoms with Gasteiger partial charge in [0.15, 0.2) is 4.80 Å². The van der Waals surface area contributed by atoms with Crippen molar-refractivity contribution in [3.8, 4) is 11.5 Å². The largest absolute Gasteiger partial charge is 0.496 e. The van der Waals surface area contributed by atoms with Gasteiger partial charge in [-0.2, -0.15) is 0 Å². The number of amides is 1. The van der Waals surface area contributed by atoms with Gasteiger partial charge in [0.25, 0.3) is 11.5 Å². The maximum Gasteiger partial charge on any atom is 0.271 e. The Morgan fingerprint density at radius 3 is 2.55 bits per heavy atom. The molecule has 0 radical (unpaired) electrons. The fraction of sp³-hybridized carbons (Fsp3) is 0.321. The fourth-order valence-corrected chi connectivity index (χ4v) is 7.00. The summed E-state index contributed by atoms with van der Waals surface area (Å²) >= 11 is 8.39. The molecule has 1 atom stereocenters. The Balaban J connectivity index is 2.02. The number of ether oxygens (including phenoxy) is 2. The number of aromatic nitrogens is 1. The highest BCUT2D eigenvalue weighted by Crippen LogP contribution is 2.36. The molecular formula is C28H29Br2N3O4S. The molecule has 1 amide bonds. The van der Waals surface area contributed by atoms with Gasteiger partial charge in [-0.05, 0) is 67.9 Å². The highest BCUT2D eigenvalue weighted by Gasteiger charge is 2.35. The lowest BCUT2D eigenvalue weighted by atomic mass is 9.94. The number of halogens is 2. The maximum atomic E-state index is 14.1. The second-order valence-corrected chi connectivity index (χ2v) is 11.3. The molecule has 1 aromatic heterocycles. The molecule has 0 unspecified atom stereocenters. The Labute approximate surface area is 242 Å². The van der Waals surface area contributed by atoms with Crippen LogP contribution in [-0.4, -0.2) is 42.2 Å². The Kier molecular flexibility index (Phi) is 8.95. The molecule has 38 heavy (non-hydrogen) atoms. The molecule has 10 heteroatoms. The smallest absolute Gasteiger partial charge is 0.271 e. The van der Waals surface area contributed by atoms with E-state index >= 15 is 0 Å². The summed E-state index contributed by atoms with van der Waals surface area (Å²) in [6, 6.07) is 10.6. The number of carbonyl (C=O) groups is 1. The summed E-state index contributed by atoms with van der Waals surface area (Å²) in [5.74, 6) is 1.11. The maximum absolute atomic E-state index is 14.1. The molecule has 0 spiro atoms. The Morgan fingerprint density at radius 1 is 1.18 bits per heavy atom. The van der Waals surface area contributed by atoms with Gasteiger partial charge in [0.05, 0.1) is 34.0 Å². The van der Waals surface area contributed by atoms with Gasteiger partial charge < -0.3 is 14.4 Å². The molecular weight excluding hydrogens is 634 g/mol. The van der Waals surface area contributed by atoms with Crippen LogP contribution in [0.5, 0.6) is 11.5 Å². The topological polar surface area (TPSA) is 73.1 Å². The molecule has 0 aliphatic carbocycles. The number of thiazole rings is 1. The minimum Gasteiger partial charge on any atom is -0.496 e. The summed E-state index contributed by atoms with van der Waals surface area (Å²) in [7, 11) is 1.59. The van der Waals surface area contributed by atoms with Crippen molar-refractivity contribution in [2.24, 2.45) is 4.99 Å². The Bertz CT molecular complexity index is 1590. The van der Waals surface area contributed by atoms with Crippen molar-refractivity contribution in [3.05, 3.63) is 87.4 Å². The van der Waals surface area contributed by atoms with Gasteiger partial charge in [0.1, 0.15) is 17.5 Å². The number of para-hydroxylation sites is 1. The van der Waals surface area contributed by atoms with Crippen LogP contribution in [0, 0.1) is 0 Å². The molecule has 0 bridgehead atoms. The van der Waals surface area contributed by atoms with Crippen LogP contribution >= 0.6 is 43.2 Å². The van der Waals surface area contributed by atoms with E-state index in [-0.39, 0.29) is 11.5 Å². The molecule has 7 nitrogen and oxygen atoms in total. The number of benzene rings is 2. The van der Waals surface area contributed by atoms with Crippen molar-refractivity contribution < 1.29 is 14.3 Å². The lowest BCUT2D eigenvalue weighted by Gasteiger charge is -2.29. The zero-order chi connectivity index (χ0) is 27.6. The summed E-state index contributed by atoms with van der Waals surface area (Å²) in [5.41, 5.74) is 2.30. The van der Waals surface area contributed by atoms with Crippen LogP contribution in [0.3, 0.4) is 0 Å². The monoisotopic (exact) mass is 661 g/mol. The predicted octanol–water partition coefficient (Wildman–Crippen LogP) is 5.04. The third-order valence-electron chi connectivity index (χ3n) is 6.35. The fourth-order valence-electron chi connectivity index (χ4n) is 4.59. The number of rotatable bonds is 8. The molecule has 2 heterocycles. The lowest BCUT2D eigenvalue weighted by Crippen LogP contribution is -2.43. The van der Waals surface area contributed by atoms with Crippen LogP contribution in [-0.2, 0) is 4.79 Å². The third-order valence-corrected chi connectivity index (χ3v) is 8.38. The zero-order valence-electron chi connectivity index (χ0n) is 21.9. The second kappa shape index (κ2) is 12.0. The van der Waals surface area contributed by atoms with Gasteiger partial charge in [-0.3, -0.25) is 14.2 Å². The van der Waals surface area contributed by atoms with Gasteiger partial charge in [0, 0.05) is 28.7 Å². The van der Waals surface area contributed by atoms with Gasteiger partial charge in [0.2, 0.25) is 0 Å². The molecule has 1 aliphatic heterocycles. The zero-order valence-corrected chi connectivity index (χ0v) is 25.9. The summed E-state index contributed by atoms with van der Waals surface area (Å²) in [5, 5.41) is 0. The number of nitrogens with zero attached hydrogens (tertiary/aromatic N) is 3. The van der Waals surface area contributed by atoms with E-state index in [0.717, 1.165) is 20.1 Å². The normalized spacial score (nSPS) is 15.2. The first-order valence-electron chi connectivity index (χ1n) is 12.3. The van der Waals surface area contributed by atoms with Crippen molar-refractivity contribution in [1.82, 2.24) is 9.47 Å². The van der Waals surface area contributed by atoms with Crippen molar-refractivity contribution in [2.45, 2.75) is 33.7 Å². The number of methoxy groups -OCH3 is 1. The molecule has 0 N–H and O–H groups in total. The molecule has 0 saturated heterocycles. The Hall–Kier alpha value is -2.69. The number of fused-ring (bicyclic) bond motifs is 1. The van der Waals surface area contributed by atoms with Gasteiger partial charge in [-0.25, -0.2) is 4.99 Å². The van der Waals surface area contributed by atoms with Crippen LogP contribution < -0.4 is 24.4 Å². The summed E-state index contributed by atoms with van der Waals surface area (Å²) in [4.78, 5) is 34.9. The molecule has 2 aromatic carbocycles. The van der Waals surface area contributed by atoms with E-state index in [1.54, 1.807) is 16.6 Å². The molecule has 4 rings (SSSR count). The van der Waals surface area contributed by atoms with E-state index in [4.69, 9.17) is 14.5 Å². The van der Waals surface area contributed by atoms with Gasteiger partial charge in [-0.15, -0.1) is 0 Å². The number of carbonyl (C=O) groups excluding carboxylic acids is 1. The van der Waals surface area contributed by atoms with E-state index in [2.05, 4.69) is 31.9 Å². The average molecular weight is 663 g/mol. The van der Waals surface area contributed by atoms with Crippen molar-refractivity contribution in [1.29, 1.82) is 0 Å². The molecule has 200 valence electrons. The van der Waals surface area contributed by atoms with Crippen LogP contribution in [0.2, 0.25) is 0 Å². The lowest BCUT2D eigenvalue weighted by molar-refractivity contribution is -0.127. The van der Waals surface area contributed by atoms with E-state index in [9.17, 15) is 9.59 Å². The van der Waals surface area contributed by atoms with Crippen molar-refractivity contribution in [2.75, 3.05) is 26.8 Å². The van der Waals surface area contributed by atoms with E-state index in [1.165, 1.54) is 11.3 Å². The molecule has 1 aliphatic rings. The predicted molar refractivity (Wildman–Crippen MR) is 158 cm³/mol. The summed E-state index contributed by atoms with van der Waals surface area (Å²) < 4.78 is 15.3. The first-order valence-corrected chi connectivity index (χ1v) is 14.7.